The topological polar surface area (TPSA) is 54.0 Å². The molecule has 1 rings (SSSR count). The van der Waals surface area contributed by atoms with Gasteiger partial charge in [-0.05, 0) is 19.1 Å². The number of amides is 2. The van der Waals surface area contributed by atoms with Crippen LogP contribution in [0.4, 0.5) is 9.18 Å². The van der Waals surface area contributed by atoms with Gasteiger partial charge in [-0.25, -0.2) is 9.18 Å². The summed E-state index contributed by atoms with van der Waals surface area (Å²) in [6.45, 7) is 1.70. The van der Waals surface area contributed by atoms with E-state index in [4.69, 9.17) is 0 Å². The number of hydrogen-bond acceptors (Lipinski definition) is 2. The number of nitrogens with one attached hydrogen (secondary N) is 2. The van der Waals surface area contributed by atoms with Crippen molar-refractivity contribution in [2.24, 2.45) is 0 Å². The van der Waals surface area contributed by atoms with Crippen molar-refractivity contribution in [2.45, 2.75) is 13.5 Å². The number of aromatic nitrogens is 1. The molecule has 15 heavy (non-hydrogen) atoms. The van der Waals surface area contributed by atoms with Gasteiger partial charge < -0.3 is 10.6 Å². The molecule has 0 aliphatic rings. The molecule has 0 aliphatic carbocycles. The Bertz CT molecular complexity index is 330. The Morgan fingerprint density at radius 2 is 2.27 bits per heavy atom. The summed E-state index contributed by atoms with van der Waals surface area (Å²) in [7, 11) is 0. The molecule has 82 valence electrons. The molecule has 0 spiro atoms. The van der Waals surface area contributed by atoms with E-state index in [1.54, 1.807) is 0 Å². The second-order valence-corrected chi connectivity index (χ2v) is 3.07. The van der Waals surface area contributed by atoms with E-state index < -0.39 is 6.67 Å². The van der Waals surface area contributed by atoms with Gasteiger partial charge in [0.1, 0.15) is 6.67 Å². The molecule has 0 bridgehead atoms. The van der Waals surface area contributed by atoms with E-state index in [9.17, 15) is 9.18 Å². The first kappa shape index (κ1) is 11.4. The molecule has 0 atom stereocenters. The summed E-state index contributed by atoms with van der Waals surface area (Å²) < 4.78 is 11.7. The Morgan fingerprint density at radius 3 is 2.93 bits per heavy atom. The molecule has 0 unspecified atom stereocenters. The van der Waals surface area contributed by atoms with Gasteiger partial charge in [0.05, 0.1) is 12.2 Å². The Labute approximate surface area is 87.9 Å². The number of aryl methyl sites for hydroxylation is 1. The van der Waals surface area contributed by atoms with E-state index in [2.05, 4.69) is 15.6 Å². The van der Waals surface area contributed by atoms with E-state index in [1.165, 1.54) is 0 Å². The zero-order valence-electron chi connectivity index (χ0n) is 8.59. The van der Waals surface area contributed by atoms with Crippen molar-refractivity contribution in [1.82, 2.24) is 15.6 Å². The summed E-state index contributed by atoms with van der Waals surface area (Å²) in [4.78, 5) is 15.3. The number of halogens is 1. The van der Waals surface area contributed by atoms with Gasteiger partial charge in [-0.3, -0.25) is 4.98 Å². The minimum atomic E-state index is -0.559. The van der Waals surface area contributed by atoms with Gasteiger partial charge in [0, 0.05) is 12.2 Å². The monoisotopic (exact) mass is 211 g/mol. The van der Waals surface area contributed by atoms with Gasteiger partial charge >= 0.3 is 6.03 Å². The van der Waals surface area contributed by atoms with Crippen LogP contribution in [0, 0.1) is 6.92 Å². The molecule has 4 nitrogen and oxygen atoms in total. The second-order valence-electron chi connectivity index (χ2n) is 3.07. The van der Waals surface area contributed by atoms with Gasteiger partial charge in [0.2, 0.25) is 0 Å². The lowest BCUT2D eigenvalue weighted by atomic mass is 10.3. The average molecular weight is 211 g/mol. The third-order valence-electron chi connectivity index (χ3n) is 1.76. The molecule has 2 N–H and O–H groups in total. The number of hydrogen-bond donors (Lipinski definition) is 2. The average Bonchev–Trinajstić information content (AvgIpc) is 2.23. The summed E-state index contributed by atoms with van der Waals surface area (Å²) in [5.74, 6) is 0. The molecule has 2 amide bonds. The van der Waals surface area contributed by atoms with Crippen LogP contribution in [0.15, 0.2) is 18.2 Å². The highest BCUT2D eigenvalue weighted by molar-refractivity contribution is 5.73. The van der Waals surface area contributed by atoms with E-state index in [1.807, 2.05) is 25.1 Å². The Hall–Kier alpha value is -1.65. The molecule has 5 heteroatoms. The van der Waals surface area contributed by atoms with Crippen LogP contribution in [-0.2, 0) is 6.54 Å². The molecule has 1 heterocycles. The third-order valence-corrected chi connectivity index (χ3v) is 1.76. The van der Waals surface area contributed by atoms with Crippen LogP contribution in [-0.4, -0.2) is 24.2 Å². The highest BCUT2D eigenvalue weighted by atomic mass is 19.1. The minimum Gasteiger partial charge on any atom is -0.336 e. The predicted molar refractivity (Wildman–Crippen MR) is 55.2 cm³/mol. The molecule has 0 fully saturated rings. The molecule has 1 aromatic rings. The van der Waals surface area contributed by atoms with Gasteiger partial charge in [-0.1, -0.05) is 6.07 Å². The second kappa shape index (κ2) is 5.95. The van der Waals surface area contributed by atoms with Gasteiger partial charge in [-0.15, -0.1) is 0 Å². The van der Waals surface area contributed by atoms with Crippen LogP contribution in [0.5, 0.6) is 0 Å². The van der Waals surface area contributed by atoms with Crippen LogP contribution in [0.2, 0.25) is 0 Å². The van der Waals surface area contributed by atoms with E-state index in [0.29, 0.717) is 6.54 Å². The maximum absolute atomic E-state index is 11.7. The number of carbonyl (C=O) groups is 1. The summed E-state index contributed by atoms with van der Waals surface area (Å²) in [5, 5.41) is 4.95. The van der Waals surface area contributed by atoms with Gasteiger partial charge in [0.15, 0.2) is 0 Å². The summed E-state index contributed by atoms with van der Waals surface area (Å²) in [6.07, 6.45) is 0. The maximum atomic E-state index is 11.7. The zero-order chi connectivity index (χ0) is 11.1. The van der Waals surface area contributed by atoms with Crippen molar-refractivity contribution in [2.75, 3.05) is 13.2 Å². The third kappa shape index (κ3) is 4.39. The first-order valence-electron chi connectivity index (χ1n) is 4.72. The molecular formula is C10H14FN3O. The van der Waals surface area contributed by atoms with E-state index in [0.717, 1.165) is 11.4 Å². The van der Waals surface area contributed by atoms with Crippen molar-refractivity contribution in [3.8, 4) is 0 Å². The number of rotatable bonds is 4. The van der Waals surface area contributed by atoms with Crippen LogP contribution in [0.25, 0.3) is 0 Å². The fourth-order valence-corrected chi connectivity index (χ4v) is 1.09. The van der Waals surface area contributed by atoms with Crippen LogP contribution in [0.3, 0.4) is 0 Å². The normalized spacial score (nSPS) is 9.73. The standard InChI is InChI=1S/C10H14FN3O/c1-8-3-2-4-9(14-8)7-13-10(15)12-6-5-11/h2-4H,5-7H2,1H3,(H2,12,13,15). The van der Waals surface area contributed by atoms with E-state index >= 15 is 0 Å². The fraction of sp³-hybridized carbons (Fsp3) is 0.400. The lowest BCUT2D eigenvalue weighted by Crippen LogP contribution is -2.36. The van der Waals surface area contributed by atoms with Crippen molar-refractivity contribution in [3.63, 3.8) is 0 Å². The molecule has 1 aromatic heterocycles. The summed E-state index contributed by atoms with van der Waals surface area (Å²) in [5.41, 5.74) is 1.68. The number of pyridine rings is 1. The summed E-state index contributed by atoms with van der Waals surface area (Å²) in [6, 6.07) is 5.20. The molecule has 0 aromatic carbocycles. The van der Waals surface area contributed by atoms with Crippen LogP contribution >= 0.6 is 0 Å². The first-order valence-corrected chi connectivity index (χ1v) is 4.72. The number of alkyl halides is 1. The number of carbonyl (C=O) groups excluding carboxylic acids is 1. The van der Waals surface area contributed by atoms with E-state index in [-0.39, 0.29) is 12.6 Å². The number of nitrogens with zero attached hydrogens (tertiary/aromatic N) is 1. The Balaban J connectivity index is 2.33. The maximum Gasteiger partial charge on any atom is 0.315 e. The quantitative estimate of drug-likeness (QED) is 0.785. The summed E-state index contributed by atoms with van der Waals surface area (Å²) >= 11 is 0. The molecular weight excluding hydrogens is 197 g/mol. The molecule has 0 saturated carbocycles. The minimum absolute atomic E-state index is 0.0348. The van der Waals surface area contributed by atoms with Crippen molar-refractivity contribution in [1.29, 1.82) is 0 Å². The zero-order valence-corrected chi connectivity index (χ0v) is 8.59. The smallest absolute Gasteiger partial charge is 0.315 e. The van der Waals surface area contributed by atoms with Crippen LogP contribution < -0.4 is 10.6 Å². The largest absolute Gasteiger partial charge is 0.336 e. The van der Waals surface area contributed by atoms with Gasteiger partial charge in [-0.2, -0.15) is 0 Å². The predicted octanol–water partition coefficient (Wildman–Crippen LogP) is 1.16. The Kier molecular flexibility index (Phi) is 4.53. The SMILES string of the molecule is Cc1cccc(CNC(=O)NCCF)n1. The lowest BCUT2D eigenvalue weighted by Gasteiger charge is -2.05. The molecule has 0 radical (unpaired) electrons. The van der Waals surface area contributed by atoms with Crippen molar-refractivity contribution < 1.29 is 9.18 Å². The van der Waals surface area contributed by atoms with Crippen LogP contribution in [0.1, 0.15) is 11.4 Å². The highest BCUT2D eigenvalue weighted by Gasteiger charge is 1.99. The lowest BCUT2D eigenvalue weighted by molar-refractivity contribution is 0.239. The number of urea groups is 1. The van der Waals surface area contributed by atoms with Gasteiger partial charge in [0.25, 0.3) is 0 Å². The van der Waals surface area contributed by atoms with Crippen molar-refractivity contribution >= 4 is 6.03 Å². The Morgan fingerprint density at radius 1 is 1.47 bits per heavy atom. The first-order chi connectivity index (χ1) is 7.22. The fourth-order valence-electron chi connectivity index (χ4n) is 1.09. The molecule has 0 aliphatic heterocycles. The highest BCUT2D eigenvalue weighted by Crippen LogP contribution is 1.96. The van der Waals surface area contributed by atoms with Crippen molar-refractivity contribution in [3.05, 3.63) is 29.6 Å². The molecule has 0 saturated heterocycles.